The Bertz CT molecular complexity index is 989. The van der Waals surface area contributed by atoms with Gasteiger partial charge in [-0.15, -0.1) is 0 Å². The number of amides is 1. The van der Waals surface area contributed by atoms with Gasteiger partial charge in [0.2, 0.25) is 11.7 Å². The van der Waals surface area contributed by atoms with E-state index in [4.69, 9.17) is 4.42 Å². The summed E-state index contributed by atoms with van der Waals surface area (Å²) < 4.78 is 5.69. The smallest absolute Gasteiger partial charge is 0.266 e. The molecule has 1 aromatic heterocycles. The maximum Gasteiger partial charge on any atom is 0.266 e. The van der Waals surface area contributed by atoms with Gasteiger partial charge in [-0.25, -0.2) is 4.98 Å². The number of rotatable bonds is 10. The van der Waals surface area contributed by atoms with Crippen LogP contribution in [0.3, 0.4) is 0 Å². The van der Waals surface area contributed by atoms with Crippen molar-refractivity contribution in [3.63, 3.8) is 0 Å². The SMILES string of the molecule is O=C(CCCC1CCCCC1)N[C@@H](CCc1ccccc1)C(=O)c1nc2ccccc2o1. The molecule has 0 saturated heterocycles. The van der Waals surface area contributed by atoms with Crippen LogP contribution in [0.15, 0.2) is 59.0 Å². The van der Waals surface area contributed by atoms with Crippen LogP contribution in [0.25, 0.3) is 11.1 Å². The van der Waals surface area contributed by atoms with Gasteiger partial charge in [-0.3, -0.25) is 9.59 Å². The zero-order valence-electron chi connectivity index (χ0n) is 18.6. The number of aryl methyl sites for hydroxylation is 1. The molecule has 32 heavy (non-hydrogen) atoms. The van der Waals surface area contributed by atoms with Gasteiger partial charge in [0.15, 0.2) is 5.58 Å². The first-order valence-corrected chi connectivity index (χ1v) is 11.9. The summed E-state index contributed by atoms with van der Waals surface area (Å²) in [4.78, 5) is 30.3. The van der Waals surface area contributed by atoms with Crippen molar-refractivity contribution in [3.8, 4) is 0 Å². The van der Waals surface area contributed by atoms with Gasteiger partial charge >= 0.3 is 0 Å². The summed E-state index contributed by atoms with van der Waals surface area (Å²) in [6, 6.07) is 16.7. The Hall–Kier alpha value is -2.95. The molecule has 3 aromatic rings. The first-order chi connectivity index (χ1) is 15.7. The molecule has 1 aliphatic rings. The van der Waals surface area contributed by atoms with Gasteiger partial charge in [-0.1, -0.05) is 74.6 Å². The fraction of sp³-hybridized carbons (Fsp3) is 0.444. The average molecular weight is 433 g/mol. The topological polar surface area (TPSA) is 72.2 Å². The molecular weight excluding hydrogens is 400 g/mol. The zero-order valence-corrected chi connectivity index (χ0v) is 18.6. The highest BCUT2D eigenvalue weighted by atomic mass is 16.4. The van der Waals surface area contributed by atoms with Crippen molar-refractivity contribution in [2.75, 3.05) is 0 Å². The maximum atomic E-state index is 13.2. The summed E-state index contributed by atoms with van der Waals surface area (Å²) in [5.74, 6) is 0.486. The van der Waals surface area contributed by atoms with Crippen LogP contribution >= 0.6 is 0 Å². The number of fused-ring (bicyclic) bond motifs is 1. The number of carbonyl (C=O) groups is 2. The number of oxazole rings is 1. The quantitative estimate of drug-likeness (QED) is 0.406. The lowest BCUT2D eigenvalue weighted by molar-refractivity contribution is -0.121. The lowest BCUT2D eigenvalue weighted by Gasteiger charge is -2.21. The number of Topliss-reactive ketones (excluding diaryl/α,β-unsaturated/α-hetero) is 1. The van der Waals surface area contributed by atoms with Crippen LogP contribution in [0.2, 0.25) is 0 Å². The number of ketones is 1. The second-order valence-electron chi connectivity index (χ2n) is 8.89. The number of nitrogens with one attached hydrogen (secondary N) is 1. The Morgan fingerprint density at radius 2 is 1.75 bits per heavy atom. The molecule has 0 unspecified atom stereocenters. The molecule has 1 aliphatic carbocycles. The summed E-state index contributed by atoms with van der Waals surface area (Å²) in [6.45, 7) is 0. The standard InChI is InChI=1S/C27H32N2O3/c30-25(17-9-14-20-10-3-1-4-11-20)28-23(19-18-21-12-5-2-6-13-21)26(31)27-29-22-15-7-8-16-24(22)32-27/h2,5-8,12-13,15-16,20,23H,1,3-4,9-11,14,17-19H2,(H,28,30)/t23-/m0/s1. The third-order valence-electron chi connectivity index (χ3n) is 6.46. The molecule has 4 rings (SSSR count). The lowest BCUT2D eigenvalue weighted by Crippen LogP contribution is -2.41. The molecule has 5 heteroatoms. The maximum absolute atomic E-state index is 13.2. The minimum absolute atomic E-state index is 0.0618. The number of hydrogen-bond acceptors (Lipinski definition) is 4. The summed E-state index contributed by atoms with van der Waals surface area (Å²) >= 11 is 0. The molecule has 2 aromatic carbocycles. The number of para-hydroxylation sites is 2. The van der Waals surface area contributed by atoms with Crippen LogP contribution in [0.4, 0.5) is 0 Å². The van der Waals surface area contributed by atoms with E-state index in [2.05, 4.69) is 10.3 Å². The van der Waals surface area contributed by atoms with Crippen LogP contribution in [0, 0.1) is 5.92 Å². The fourth-order valence-corrected chi connectivity index (χ4v) is 4.64. The average Bonchev–Trinajstić information content (AvgIpc) is 3.27. The van der Waals surface area contributed by atoms with Crippen molar-refractivity contribution in [1.82, 2.24) is 10.3 Å². The minimum atomic E-state index is -0.648. The van der Waals surface area contributed by atoms with E-state index in [0.29, 0.717) is 30.4 Å². The van der Waals surface area contributed by atoms with E-state index in [1.165, 1.54) is 32.1 Å². The molecule has 0 radical (unpaired) electrons. The van der Waals surface area contributed by atoms with Crippen molar-refractivity contribution >= 4 is 22.8 Å². The normalized spacial score (nSPS) is 15.5. The summed E-state index contributed by atoms with van der Waals surface area (Å²) in [5, 5.41) is 2.98. The number of benzene rings is 2. The monoisotopic (exact) mass is 432 g/mol. The molecule has 0 aliphatic heterocycles. The van der Waals surface area contributed by atoms with E-state index in [9.17, 15) is 9.59 Å². The third kappa shape index (κ3) is 6.06. The zero-order chi connectivity index (χ0) is 22.2. The number of nitrogens with zero attached hydrogens (tertiary/aromatic N) is 1. The van der Waals surface area contributed by atoms with Crippen molar-refractivity contribution < 1.29 is 14.0 Å². The molecule has 0 spiro atoms. The van der Waals surface area contributed by atoms with E-state index < -0.39 is 6.04 Å². The molecule has 1 atom stereocenters. The van der Waals surface area contributed by atoms with E-state index >= 15 is 0 Å². The Balaban J connectivity index is 1.39. The number of hydrogen-bond donors (Lipinski definition) is 1. The molecule has 0 bridgehead atoms. The summed E-state index contributed by atoms with van der Waals surface area (Å²) in [6.07, 6.45) is 10.2. The van der Waals surface area contributed by atoms with Gasteiger partial charge in [-0.2, -0.15) is 0 Å². The van der Waals surface area contributed by atoms with Crippen molar-refractivity contribution in [2.45, 2.75) is 70.3 Å². The van der Waals surface area contributed by atoms with Crippen molar-refractivity contribution in [3.05, 3.63) is 66.1 Å². The van der Waals surface area contributed by atoms with E-state index in [-0.39, 0.29) is 17.6 Å². The van der Waals surface area contributed by atoms with Gasteiger partial charge in [0, 0.05) is 6.42 Å². The van der Waals surface area contributed by atoms with Gasteiger partial charge in [0.25, 0.3) is 5.89 Å². The Kier molecular flexibility index (Phi) is 7.70. The highest BCUT2D eigenvalue weighted by Crippen LogP contribution is 2.27. The van der Waals surface area contributed by atoms with Gasteiger partial charge in [0.1, 0.15) is 5.52 Å². The lowest BCUT2D eigenvalue weighted by atomic mass is 9.86. The van der Waals surface area contributed by atoms with E-state index in [1.807, 2.05) is 48.5 Å². The van der Waals surface area contributed by atoms with Gasteiger partial charge in [-0.05, 0) is 49.3 Å². The van der Waals surface area contributed by atoms with Crippen LogP contribution in [0.1, 0.15) is 74.0 Å². The second-order valence-corrected chi connectivity index (χ2v) is 8.89. The first kappa shape index (κ1) is 22.3. The number of aromatic nitrogens is 1. The predicted molar refractivity (Wildman–Crippen MR) is 125 cm³/mol. The first-order valence-electron chi connectivity index (χ1n) is 11.9. The van der Waals surface area contributed by atoms with E-state index in [0.717, 1.165) is 24.3 Å². The molecule has 5 nitrogen and oxygen atoms in total. The molecule has 1 saturated carbocycles. The van der Waals surface area contributed by atoms with Crippen molar-refractivity contribution in [2.24, 2.45) is 5.92 Å². The highest BCUT2D eigenvalue weighted by Gasteiger charge is 2.26. The summed E-state index contributed by atoms with van der Waals surface area (Å²) in [5.41, 5.74) is 2.36. The molecule has 1 heterocycles. The molecular formula is C27H32N2O3. The van der Waals surface area contributed by atoms with Crippen LogP contribution in [0.5, 0.6) is 0 Å². The molecule has 1 fully saturated rings. The predicted octanol–water partition coefficient (Wildman–Crippen LogP) is 5.88. The van der Waals surface area contributed by atoms with Crippen LogP contribution in [-0.2, 0) is 11.2 Å². The molecule has 168 valence electrons. The number of carbonyl (C=O) groups excluding carboxylic acids is 2. The second kappa shape index (κ2) is 11.1. The van der Waals surface area contributed by atoms with Crippen LogP contribution < -0.4 is 5.32 Å². The van der Waals surface area contributed by atoms with Gasteiger partial charge in [0.05, 0.1) is 6.04 Å². The van der Waals surface area contributed by atoms with Crippen LogP contribution in [-0.4, -0.2) is 22.7 Å². The Labute approximate surface area is 189 Å². The van der Waals surface area contributed by atoms with E-state index in [1.54, 1.807) is 6.07 Å². The Morgan fingerprint density at radius 1 is 1.00 bits per heavy atom. The largest absolute Gasteiger partial charge is 0.434 e. The molecule has 1 amide bonds. The minimum Gasteiger partial charge on any atom is -0.434 e. The van der Waals surface area contributed by atoms with Crippen molar-refractivity contribution in [1.29, 1.82) is 0 Å². The van der Waals surface area contributed by atoms with Gasteiger partial charge < -0.3 is 9.73 Å². The molecule has 1 N–H and O–H groups in total. The fourth-order valence-electron chi connectivity index (χ4n) is 4.64. The summed E-state index contributed by atoms with van der Waals surface area (Å²) in [7, 11) is 0. The third-order valence-corrected chi connectivity index (χ3v) is 6.46. The highest BCUT2D eigenvalue weighted by molar-refractivity contribution is 6.00. The Morgan fingerprint density at radius 3 is 2.53 bits per heavy atom.